The molecule has 2 aliphatic heterocycles. The van der Waals surface area contributed by atoms with Crippen LogP contribution in [0.5, 0.6) is 0 Å². The molecular weight excluding hydrogens is 462 g/mol. The summed E-state index contributed by atoms with van der Waals surface area (Å²) in [5, 5.41) is 4.17. The topological polar surface area (TPSA) is 65.7 Å². The Bertz CT molecular complexity index is 1390. The zero-order chi connectivity index (χ0) is 25.2. The molecule has 0 saturated carbocycles. The van der Waals surface area contributed by atoms with Crippen LogP contribution in [0.3, 0.4) is 0 Å². The number of rotatable bonds is 5. The number of piperazine rings is 1. The van der Waals surface area contributed by atoms with E-state index in [0.717, 1.165) is 49.3 Å². The van der Waals surface area contributed by atoms with Crippen molar-refractivity contribution in [2.75, 3.05) is 37.6 Å². The zero-order valence-corrected chi connectivity index (χ0v) is 21.1. The lowest BCUT2D eigenvalue weighted by Crippen LogP contribution is -2.48. The van der Waals surface area contributed by atoms with Crippen LogP contribution < -0.4 is 4.90 Å². The summed E-state index contributed by atoms with van der Waals surface area (Å²) < 4.78 is 5.51. The van der Waals surface area contributed by atoms with E-state index >= 15 is 0 Å². The van der Waals surface area contributed by atoms with Gasteiger partial charge in [-0.1, -0.05) is 53.7 Å². The van der Waals surface area contributed by atoms with Crippen LogP contribution >= 0.6 is 0 Å². The molecule has 0 spiro atoms. The molecule has 0 atom stereocenters. The molecule has 1 amide bonds. The van der Waals surface area contributed by atoms with Crippen LogP contribution in [0.1, 0.15) is 32.9 Å². The van der Waals surface area contributed by atoms with Crippen LogP contribution in [0.25, 0.3) is 11.4 Å². The number of carbonyl (C=O) groups is 1. The van der Waals surface area contributed by atoms with Crippen LogP contribution in [-0.4, -0.2) is 58.6 Å². The summed E-state index contributed by atoms with van der Waals surface area (Å²) in [5.74, 6) is 1.32. The van der Waals surface area contributed by atoms with Crippen molar-refractivity contribution in [2.45, 2.75) is 26.4 Å². The Balaban J connectivity index is 1.03. The molecule has 0 unspecified atom stereocenters. The molecule has 7 heteroatoms. The van der Waals surface area contributed by atoms with E-state index in [1.165, 1.54) is 16.8 Å². The van der Waals surface area contributed by atoms with E-state index in [9.17, 15) is 4.79 Å². The highest BCUT2D eigenvalue weighted by molar-refractivity contribution is 5.94. The van der Waals surface area contributed by atoms with Crippen molar-refractivity contribution in [1.82, 2.24) is 19.9 Å². The molecule has 0 N–H and O–H groups in total. The van der Waals surface area contributed by atoms with Gasteiger partial charge in [0.15, 0.2) is 0 Å². The van der Waals surface area contributed by atoms with E-state index in [1.54, 1.807) is 0 Å². The molecule has 37 heavy (non-hydrogen) atoms. The van der Waals surface area contributed by atoms with Crippen molar-refractivity contribution in [2.24, 2.45) is 0 Å². The Kier molecular flexibility index (Phi) is 6.45. The maximum atomic E-state index is 13.2. The van der Waals surface area contributed by atoms with E-state index in [1.807, 2.05) is 48.2 Å². The molecule has 3 aromatic carbocycles. The van der Waals surface area contributed by atoms with Crippen molar-refractivity contribution >= 4 is 11.6 Å². The summed E-state index contributed by atoms with van der Waals surface area (Å²) >= 11 is 0. The number of hydrogen-bond donors (Lipinski definition) is 0. The van der Waals surface area contributed by atoms with Gasteiger partial charge in [0, 0.05) is 56.1 Å². The van der Waals surface area contributed by atoms with Gasteiger partial charge in [-0.3, -0.25) is 9.69 Å². The van der Waals surface area contributed by atoms with Crippen molar-refractivity contribution in [3.05, 3.63) is 101 Å². The van der Waals surface area contributed by atoms with Gasteiger partial charge in [0.25, 0.3) is 5.91 Å². The van der Waals surface area contributed by atoms with Crippen LogP contribution in [0.15, 0.2) is 77.3 Å². The lowest BCUT2D eigenvalue weighted by molar-refractivity contribution is 0.0615. The number of fused-ring (bicyclic) bond motifs is 1. The molecule has 2 aliphatic rings. The highest BCUT2D eigenvalue weighted by atomic mass is 16.5. The normalized spacial score (nSPS) is 16.0. The van der Waals surface area contributed by atoms with E-state index in [2.05, 4.69) is 56.3 Å². The number of aryl methyl sites for hydroxylation is 1. The third-order valence-electron chi connectivity index (χ3n) is 7.48. The zero-order valence-electron chi connectivity index (χ0n) is 21.1. The number of hydrogen-bond acceptors (Lipinski definition) is 6. The first-order chi connectivity index (χ1) is 18.1. The predicted molar refractivity (Wildman–Crippen MR) is 143 cm³/mol. The molecule has 3 heterocycles. The van der Waals surface area contributed by atoms with Crippen molar-refractivity contribution in [1.29, 1.82) is 0 Å². The molecule has 1 fully saturated rings. The minimum absolute atomic E-state index is 0.0924. The first-order valence-electron chi connectivity index (χ1n) is 13.0. The number of nitrogens with zero attached hydrogens (tertiary/aromatic N) is 5. The van der Waals surface area contributed by atoms with Gasteiger partial charge < -0.3 is 14.3 Å². The average molecular weight is 494 g/mol. The van der Waals surface area contributed by atoms with E-state index in [0.29, 0.717) is 31.3 Å². The van der Waals surface area contributed by atoms with Gasteiger partial charge >= 0.3 is 0 Å². The molecule has 188 valence electrons. The van der Waals surface area contributed by atoms with Gasteiger partial charge in [-0.25, -0.2) is 0 Å². The molecule has 1 saturated heterocycles. The largest absolute Gasteiger partial charge is 0.367 e. The Morgan fingerprint density at radius 1 is 0.865 bits per heavy atom. The molecule has 7 nitrogen and oxygen atoms in total. The second-order valence-electron chi connectivity index (χ2n) is 9.88. The first-order valence-corrected chi connectivity index (χ1v) is 13.0. The van der Waals surface area contributed by atoms with Crippen LogP contribution in [0.2, 0.25) is 0 Å². The predicted octanol–water partition coefficient (Wildman–Crippen LogP) is 4.57. The summed E-state index contributed by atoms with van der Waals surface area (Å²) in [6, 6.07) is 24.8. The van der Waals surface area contributed by atoms with E-state index in [4.69, 9.17) is 4.52 Å². The van der Waals surface area contributed by atoms with Gasteiger partial charge in [0.2, 0.25) is 11.7 Å². The average Bonchev–Trinajstić information content (AvgIpc) is 3.41. The standard InChI is InChI=1S/C30H31N5O2/c1-22-6-2-5-9-27(22)29-31-28(37-32-29)21-33-16-18-34(19-17-33)30(36)24-10-12-26(13-11-24)35-15-14-23-7-3-4-8-25(23)20-35/h2-13H,14-21H2,1H3. The maximum absolute atomic E-state index is 13.2. The number of aromatic nitrogens is 2. The van der Waals surface area contributed by atoms with Crippen LogP contribution in [0.4, 0.5) is 5.69 Å². The van der Waals surface area contributed by atoms with Crippen molar-refractivity contribution in [3.8, 4) is 11.4 Å². The molecule has 6 rings (SSSR count). The van der Waals surface area contributed by atoms with E-state index in [-0.39, 0.29) is 5.91 Å². The first kappa shape index (κ1) is 23.4. The Morgan fingerprint density at radius 3 is 2.38 bits per heavy atom. The summed E-state index contributed by atoms with van der Waals surface area (Å²) in [6.07, 6.45) is 1.05. The third kappa shape index (κ3) is 5.00. The van der Waals surface area contributed by atoms with Gasteiger partial charge in [0.1, 0.15) is 0 Å². The van der Waals surface area contributed by atoms with Gasteiger partial charge in [-0.05, 0) is 54.3 Å². The fraction of sp³-hybridized carbons (Fsp3) is 0.300. The highest BCUT2D eigenvalue weighted by Crippen LogP contribution is 2.25. The van der Waals surface area contributed by atoms with Gasteiger partial charge in [-0.2, -0.15) is 4.98 Å². The molecule has 0 bridgehead atoms. The summed E-state index contributed by atoms with van der Waals surface area (Å²) in [6.45, 7) is 7.47. The molecular formula is C30H31N5O2. The number of benzene rings is 3. The van der Waals surface area contributed by atoms with E-state index < -0.39 is 0 Å². The van der Waals surface area contributed by atoms with Crippen LogP contribution in [-0.2, 0) is 19.5 Å². The summed E-state index contributed by atoms with van der Waals surface area (Å²) in [4.78, 5) is 24.3. The van der Waals surface area contributed by atoms with Crippen molar-refractivity contribution < 1.29 is 9.32 Å². The monoisotopic (exact) mass is 493 g/mol. The minimum Gasteiger partial charge on any atom is -0.367 e. The Hall–Kier alpha value is -3.97. The highest BCUT2D eigenvalue weighted by Gasteiger charge is 2.24. The second-order valence-corrected chi connectivity index (χ2v) is 9.88. The lowest BCUT2D eigenvalue weighted by Gasteiger charge is -2.34. The quantitative estimate of drug-likeness (QED) is 0.406. The molecule has 4 aromatic rings. The van der Waals surface area contributed by atoms with Gasteiger partial charge in [-0.15, -0.1) is 0 Å². The van der Waals surface area contributed by atoms with Crippen LogP contribution in [0, 0.1) is 6.92 Å². The maximum Gasteiger partial charge on any atom is 0.253 e. The fourth-order valence-corrected chi connectivity index (χ4v) is 5.27. The molecule has 0 radical (unpaired) electrons. The number of amides is 1. The number of carbonyl (C=O) groups excluding carboxylic acids is 1. The molecule has 0 aliphatic carbocycles. The lowest BCUT2D eigenvalue weighted by atomic mass is 9.99. The number of anilines is 1. The van der Waals surface area contributed by atoms with Gasteiger partial charge in [0.05, 0.1) is 6.54 Å². The fourth-order valence-electron chi connectivity index (χ4n) is 5.27. The SMILES string of the molecule is Cc1ccccc1-c1noc(CN2CCN(C(=O)c3ccc(N4CCc5ccccc5C4)cc3)CC2)n1. The Labute approximate surface area is 217 Å². The third-order valence-corrected chi connectivity index (χ3v) is 7.48. The smallest absolute Gasteiger partial charge is 0.253 e. The van der Waals surface area contributed by atoms with Crippen molar-refractivity contribution in [3.63, 3.8) is 0 Å². The second kappa shape index (κ2) is 10.2. The summed E-state index contributed by atoms with van der Waals surface area (Å²) in [5.41, 5.74) is 6.85. The minimum atomic E-state index is 0.0924. The Morgan fingerprint density at radius 2 is 1.59 bits per heavy atom. The summed E-state index contributed by atoms with van der Waals surface area (Å²) in [7, 11) is 0. The molecule has 1 aromatic heterocycles.